The van der Waals surface area contributed by atoms with Gasteiger partial charge in [-0.2, -0.15) is 0 Å². The molecule has 0 unspecified atom stereocenters. The number of hydrogen-bond donors (Lipinski definition) is 2. The molecule has 28 heavy (non-hydrogen) atoms. The Bertz CT molecular complexity index is 772. The predicted molar refractivity (Wildman–Crippen MR) is 108 cm³/mol. The van der Waals surface area contributed by atoms with Crippen LogP contribution in [0.15, 0.2) is 30.6 Å². The van der Waals surface area contributed by atoms with Gasteiger partial charge in [0.1, 0.15) is 0 Å². The lowest BCUT2D eigenvalue weighted by Crippen LogP contribution is -2.34. The van der Waals surface area contributed by atoms with Crippen LogP contribution in [-0.4, -0.2) is 36.1 Å². The Morgan fingerprint density at radius 2 is 1.71 bits per heavy atom. The number of anilines is 1. The first-order valence-corrected chi connectivity index (χ1v) is 9.77. The fraction of sp³-hybridized carbons (Fsp3) is 0.476. The third-order valence-corrected chi connectivity index (χ3v) is 5.00. The normalized spacial score (nSPS) is 14.8. The molecule has 0 radical (unpaired) electrons. The molecular weight excluding hydrogens is 356 g/mol. The van der Waals surface area contributed by atoms with Crippen LogP contribution in [0.25, 0.3) is 0 Å². The summed E-state index contributed by atoms with van der Waals surface area (Å²) in [5.74, 6) is 1.74. The highest BCUT2D eigenvalue weighted by Gasteiger charge is 2.16. The molecule has 150 valence electrons. The SMILES string of the molecule is COc1ccc(CNc2ncc(C(=O)NC3CCCCCC3)cn2)cc1OC. The van der Waals surface area contributed by atoms with E-state index in [0.717, 1.165) is 18.4 Å². The van der Waals surface area contributed by atoms with Crippen molar-refractivity contribution in [2.24, 2.45) is 0 Å². The molecule has 7 heteroatoms. The Balaban J connectivity index is 1.54. The van der Waals surface area contributed by atoms with E-state index in [0.29, 0.717) is 29.6 Å². The van der Waals surface area contributed by atoms with E-state index in [1.165, 1.54) is 25.7 Å². The molecule has 3 rings (SSSR count). The summed E-state index contributed by atoms with van der Waals surface area (Å²) in [4.78, 5) is 20.9. The lowest BCUT2D eigenvalue weighted by Gasteiger charge is -2.16. The van der Waals surface area contributed by atoms with Gasteiger partial charge in [-0.05, 0) is 30.5 Å². The molecule has 1 aliphatic carbocycles. The van der Waals surface area contributed by atoms with E-state index in [1.54, 1.807) is 26.6 Å². The van der Waals surface area contributed by atoms with Gasteiger partial charge in [-0.3, -0.25) is 4.79 Å². The van der Waals surface area contributed by atoms with Gasteiger partial charge < -0.3 is 20.1 Å². The van der Waals surface area contributed by atoms with E-state index < -0.39 is 0 Å². The maximum absolute atomic E-state index is 12.4. The first kappa shape index (κ1) is 19.9. The highest BCUT2D eigenvalue weighted by Crippen LogP contribution is 2.27. The van der Waals surface area contributed by atoms with Crippen LogP contribution in [0.3, 0.4) is 0 Å². The Morgan fingerprint density at radius 3 is 2.36 bits per heavy atom. The van der Waals surface area contributed by atoms with Gasteiger partial charge in [0.05, 0.1) is 19.8 Å². The third kappa shape index (κ3) is 5.34. The van der Waals surface area contributed by atoms with Crippen LogP contribution >= 0.6 is 0 Å². The summed E-state index contributed by atoms with van der Waals surface area (Å²) >= 11 is 0. The minimum Gasteiger partial charge on any atom is -0.493 e. The number of rotatable bonds is 7. The van der Waals surface area contributed by atoms with Crippen LogP contribution < -0.4 is 20.1 Å². The lowest BCUT2D eigenvalue weighted by atomic mass is 10.1. The van der Waals surface area contributed by atoms with Crippen LogP contribution in [0.1, 0.15) is 54.4 Å². The number of benzene rings is 1. The van der Waals surface area contributed by atoms with Crippen LogP contribution in [0.2, 0.25) is 0 Å². The molecule has 2 N–H and O–H groups in total. The summed E-state index contributed by atoms with van der Waals surface area (Å²) in [6.45, 7) is 0.536. The second-order valence-electron chi connectivity index (χ2n) is 7.00. The smallest absolute Gasteiger partial charge is 0.254 e. The molecule has 0 saturated heterocycles. The molecule has 0 spiro atoms. The molecule has 1 amide bonds. The number of carbonyl (C=O) groups excluding carboxylic acids is 1. The van der Waals surface area contributed by atoms with Crippen LogP contribution in [0.4, 0.5) is 5.95 Å². The molecule has 0 atom stereocenters. The molecule has 0 aliphatic heterocycles. The first-order valence-electron chi connectivity index (χ1n) is 9.77. The average molecular weight is 384 g/mol. The van der Waals surface area contributed by atoms with E-state index in [2.05, 4.69) is 20.6 Å². The van der Waals surface area contributed by atoms with E-state index in [-0.39, 0.29) is 11.9 Å². The zero-order valence-electron chi connectivity index (χ0n) is 16.5. The molecule has 0 bridgehead atoms. The molecule has 1 aliphatic rings. The highest BCUT2D eigenvalue weighted by molar-refractivity contribution is 5.93. The summed E-state index contributed by atoms with van der Waals surface area (Å²) in [5, 5.41) is 6.27. The number of nitrogens with one attached hydrogen (secondary N) is 2. The van der Waals surface area contributed by atoms with E-state index in [4.69, 9.17) is 9.47 Å². The largest absolute Gasteiger partial charge is 0.493 e. The van der Waals surface area contributed by atoms with Crippen molar-refractivity contribution in [1.82, 2.24) is 15.3 Å². The van der Waals surface area contributed by atoms with Gasteiger partial charge in [-0.1, -0.05) is 31.7 Å². The lowest BCUT2D eigenvalue weighted by molar-refractivity contribution is 0.0932. The summed E-state index contributed by atoms with van der Waals surface area (Å²) in [7, 11) is 3.22. The highest BCUT2D eigenvalue weighted by atomic mass is 16.5. The fourth-order valence-electron chi connectivity index (χ4n) is 3.40. The standard InChI is InChI=1S/C21H28N4O3/c1-27-18-10-9-15(11-19(18)28-2)12-22-21-23-13-16(14-24-21)20(26)25-17-7-5-3-4-6-8-17/h9-11,13-14,17H,3-8,12H2,1-2H3,(H,25,26)(H,22,23,24). The van der Waals surface area contributed by atoms with Crippen molar-refractivity contribution in [2.75, 3.05) is 19.5 Å². The van der Waals surface area contributed by atoms with Crippen molar-refractivity contribution in [3.05, 3.63) is 41.7 Å². The van der Waals surface area contributed by atoms with Gasteiger partial charge in [0.15, 0.2) is 11.5 Å². The average Bonchev–Trinajstić information content (AvgIpc) is 3.01. The summed E-state index contributed by atoms with van der Waals surface area (Å²) < 4.78 is 10.6. The Morgan fingerprint density at radius 1 is 1.04 bits per heavy atom. The summed E-state index contributed by atoms with van der Waals surface area (Å²) in [5.41, 5.74) is 1.50. The number of methoxy groups -OCH3 is 2. The maximum Gasteiger partial charge on any atom is 0.254 e. The molecule has 1 fully saturated rings. The first-order chi connectivity index (χ1) is 13.7. The second kappa shape index (κ2) is 9.92. The third-order valence-electron chi connectivity index (χ3n) is 5.00. The Kier molecular flexibility index (Phi) is 7.06. The molecule has 7 nitrogen and oxygen atoms in total. The molecule has 2 aromatic rings. The molecule has 1 heterocycles. The topological polar surface area (TPSA) is 85.4 Å². The zero-order chi connectivity index (χ0) is 19.8. The monoisotopic (exact) mass is 384 g/mol. The van der Waals surface area contributed by atoms with Crippen LogP contribution in [-0.2, 0) is 6.54 Å². The Hall–Kier alpha value is -2.83. The number of carbonyl (C=O) groups is 1. The van der Waals surface area contributed by atoms with Crippen molar-refractivity contribution in [1.29, 1.82) is 0 Å². The minimum atomic E-state index is -0.0988. The van der Waals surface area contributed by atoms with Gasteiger partial charge in [0.25, 0.3) is 5.91 Å². The Labute approximate surface area is 165 Å². The van der Waals surface area contributed by atoms with Crippen molar-refractivity contribution in [3.8, 4) is 11.5 Å². The van der Waals surface area contributed by atoms with Gasteiger partial charge >= 0.3 is 0 Å². The van der Waals surface area contributed by atoms with Gasteiger partial charge in [-0.15, -0.1) is 0 Å². The number of nitrogens with zero attached hydrogens (tertiary/aromatic N) is 2. The fourth-order valence-corrected chi connectivity index (χ4v) is 3.40. The van der Waals surface area contributed by atoms with Gasteiger partial charge in [-0.25, -0.2) is 9.97 Å². The van der Waals surface area contributed by atoms with Crippen molar-refractivity contribution >= 4 is 11.9 Å². The van der Waals surface area contributed by atoms with Crippen molar-refractivity contribution in [3.63, 3.8) is 0 Å². The quantitative estimate of drug-likeness (QED) is 0.710. The zero-order valence-corrected chi connectivity index (χ0v) is 16.5. The number of ether oxygens (including phenoxy) is 2. The second-order valence-corrected chi connectivity index (χ2v) is 7.00. The number of aromatic nitrogens is 2. The van der Waals surface area contributed by atoms with Crippen molar-refractivity contribution in [2.45, 2.75) is 51.1 Å². The van der Waals surface area contributed by atoms with Gasteiger partial charge in [0, 0.05) is 25.0 Å². The predicted octanol–water partition coefficient (Wildman–Crippen LogP) is 3.56. The molecule has 1 aromatic heterocycles. The number of hydrogen-bond acceptors (Lipinski definition) is 6. The summed E-state index contributed by atoms with van der Waals surface area (Å²) in [6.07, 6.45) is 10.1. The molecule has 1 aromatic carbocycles. The van der Waals surface area contributed by atoms with E-state index in [9.17, 15) is 4.79 Å². The summed E-state index contributed by atoms with van der Waals surface area (Å²) in [6, 6.07) is 5.97. The maximum atomic E-state index is 12.4. The molecular formula is C21H28N4O3. The molecule has 1 saturated carbocycles. The van der Waals surface area contributed by atoms with Crippen molar-refractivity contribution < 1.29 is 14.3 Å². The van der Waals surface area contributed by atoms with Crippen LogP contribution in [0, 0.1) is 0 Å². The number of amides is 1. The van der Waals surface area contributed by atoms with E-state index in [1.807, 2.05) is 18.2 Å². The van der Waals surface area contributed by atoms with Crippen LogP contribution in [0.5, 0.6) is 11.5 Å². The van der Waals surface area contributed by atoms with Gasteiger partial charge in [0.2, 0.25) is 5.95 Å². The minimum absolute atomic E-state index is 0.0988. The van der Waals surface area contributed by atoms with E-state index >= 15 is 0 Å².